The fourth-order valence-electron chi connectivity index (χ4n) is 2.73. The van der Waals surface area contributed by atoms with E-state index in [2.05, 4.69) is 10.0 Å². The SMILES string of the molecule is O=C(Nc1ccc2c(c1)OCO2)c1ccc(NS(=O)(=O)c2ccc(F)c(Cl)c2)cc1. The summed E-state index contributed by atoms with van der Waals surface area (Å²) in [5.41, 5.74) is 1.08. The Bertz CT molecular complexity index is 1230. The first-order valence-corrected chi connectivity index (χ1v) is 10.5. The van der Waals surface area contributed by atoms with Crippen LogP contribution in [0.1, 0.15) is 10.4 Å². The highest BCUT2D eigenvalue weighted by Crippen LogP contribution is 2.34. The lowest BCUT2D eigenvalue weighted by Gasteiger charge is -2.10. The number of sulfonamides is 1. The summed E-state index contributed by atoms with van der Waals surface area (Å²) < 4.78 is 51.0. The van der Waals surface area contributed by atoms with E-state index in [4.69, 9.17) is 21.1 Å². The molecule has 0 unspecified atom stereocenters. The van der Waals surface area contributed by atoms with Crippen molar-refractivity contribution in [2.45, 2.75) is 4.90 Å². The van der Waals surface area contributed by atoms with E-state index < -0.39 is 15.8 Å². The number of anilines is 2. The number of nitrogens with one attached hydrogen (secondary N) is 2. The van der Waals surface area contributed by atoms with Crippen molar-refractivity contribution < 1.29 is 27.1 Å². The molecule has 10 heteroatoms. The van der Waals surface area contributed by atoms with Gasteiger partial charge in [-0.3, -0.25) is 9.52 Å². The molecule has 3 aromatic rings. The molecule has 0 bridgehead atoms. The van der Waals surface area contributed by atoms with E-state index in [1.807, 2.05) is 0 Å². The van der Waals surface area contributed by atoms with Crippen LogP contribution in [0.3, 0.4) is 0 Å². The second-order valence-electron chi connectivity index (χ2n) is 6.28. The Morgan fingerprint density at radius 3 is 2.37 bits per heavy atom. The molecule has 0 fully saturated rings. The van der Waals surface area contributed by atoms with Crippen molar-refractivity contribution in [1.82, 2.24) is 0 Å². The summed E-state index contributed by atoms with van der Waals surface area (Å²) >= 11 is 5.65. The minimum atomic E-state index is -3.97. The average Bonchev–Trinajstić information content (AvgIpc) is 3.18. The van der Waals surface area contributed by atoms with Crippen LogP contribution >= 0.6 is 11.6 Å². The van der Waals surface area contributed by atoms with E-state index in [0.29, 0.717) is 22.7 Å². The summed E-state index contributed by atoms with van der Waals surface area (Å²) in [6, 6.07) is 13.9. The van der Waals surface area contributed by atoms with Crippen LogP contribution in [0, 0.1) is 5.82 Å². The van der Waals surface area contributed by atoms with Crippen molar-refractivity contribution in [3.8, 4) is 11.5 Å². The summed E-state index contributed by atoms with van der Waals surface area (Å²) in [5.74, 6) is 0.0487. The molecular weight excluding hydrogens is 435 g/mol. The molecule has 2 N–H and O–H groups in total. The van der Waals surface area contributed by atoms with Gasteiger partial charge in [0.2, 0.25) is 6.79 Å². The van der Waals surface area contributed by atoms with Gasteiger partial charge in [0.05, 0.1) is 9.92 Å². The van der Waals surface area contributed by atoms with E-state index in [0.717, 1.165) is 18.2 Å². The number of carbonyl (C=O) groups excluding carboxylic acids is 1. The standard InChI is InChI=1S/C20H14ClFN2O5S/c21-16-10-15(6-7-17(16)22)30(26,27)24-13-3-1-12(2-4-13)20(25)23-14-5-8-18-19(9-14)29-11-28-18/h1-10,24H,11H2,(H,23,25). The van der Waals surface area contributed by atoms with Crippen LogP contribution in [0.25, 0.3) is 0 Å². The molecular formula is C20H14ClFN2O5S. The molecule has 30 heavy (non-hydrogen) atoms. The van der Waals surface area contributed by atoms with Gasteiger partial charge in [-0.15, -0.1) is 0 Å². The summed E-state index contributed by atoms with van der Waals surface area (Å²) in [6.07, 6.45) is 0. The van der Waals surface area contributed by atoms with Crippen LogP contribution in [0.5, 0.6) is 11.5 Å². The fourth-order valence-corrected chi connectivity index (χ4v) is 4.05. The number of amides is 1. The highest BCUT2D eigenvalue weighted by atomic mass is 35.5. The molecule has 1 aliphatic heterocycles. The first-order valence-electron chi connectivity index (χ1n) is 8.61. The second-order valence-corrected chi connectivity index (χ2v) is 8.37. The maximum absolute atomic E-state index is 13.3. The predicted molar refractivity (Wildman–Crippen MR) is 109 cm³/mol. The van der Waals surface area contributed by atoms with Crippen LogP contribution in [0.15, 0.2) is 65.6 Å². The van der Waals surface area contributed by atoms with Gasteiger partial charge in [-0.25, -0.2) is 12.8 Å². The molecule has 1 heterocycles. The van der Waals surface area contributed by atoms with E-state index >= 15 is 0 Å². The molecule has 0 saturated carbocycles. The lowest BCUT2D eigenvalue weighted by molar-refractivity contribution is 0.102. The number of hydrogen-bond acceptors (Lipinski definition) is 5. The van der Waals surface area contributed by atoms with Gasteiger partial charge >= 0.3 is 0 Å². The predicted octanol–water partition coefficient (Wildman–Crippen LogP) is 4.26. The monoisotopic (exact) mass is 448 g/mol. The van der Waals surface area contributed by atoms with Gasteiger partial charge in [0.25, 0.3) is 15.9 Å². The first-order chi connectivity index (χ1) is 14.3. The van der Waals surface area contributed by atoms with Crippen molar-refractivity contribution in [2.24, 2.45) is 0 Å². The van der Waals surface area contributed by atoms with Crippen molar-refractivity contribution in [2.75, 3.05) is 16.8 Å². The van der Waals surface area contributed by atoms with Crippen LogP contribution in [0.4, 0.5) is 15.8 Å². The summed E-state index contributed by atoms with van der Waals surface area (Å²) in [6.45, 7) is 0.133. The average molecular weight is 449 g/mol. The van der Waals surface area contributed by atoms with Crippen molar-refractivity contribution in [1.29, 1.82) is 0 Å². The van der Waals surface area contributed by atoms with Crippen LogP contribution < -0.4 is 19.5 Å². The Labute approximate surface area is 176 Å². The molecule has 7 nitrogen and oxygen atoms in total. The number of rotatable bonds is 5. The van der Waals surface area contributed by atoms with Gasteiger partial charge in [0.1, 0.15) is 5.82 Å². The Balaban J connectivity index is 1.45. The number of hydrogen-bond donors (Lipinski definition) is 2. The summed E-state index contributed by atoms with van der Waals surface area (Å²) in [5, 5.41) is 2.43. The zero-order valence-electron chi connectivity index (χ0n) is 15.2. The van der Waals surface area contributed by atoms with Gasteiger partial charge in [-0.05, 0) is 54.6 Å². The largest absolute Gasteiger partial charge is 0.454 e. The zero-order valence-corrected chi connectivity index (χ0v) is 16.8. The highest BCUT2D eigenvalue weighted by molar-refractivity contribution is 7.92. The molecule has 0 aromatic heterocycles. The zero-order chi connectivity index (χ0) is 21.3. The lowest BCUT2D eigenvalue weighted by Crippen LogP contribution is -2.14. The molecule has 154 valence electrons. The van der Waals surface area contributed by atoms with Gasteiger partial charge in [-0.2, -0.15) is 0 Å². The quantitative estimate of drug-likeness (QED) is 0.608. The van der Waals surface area contributed by atoms with Crippen molar-refractivity contribution in [3.63, 3.8) is 0 Å². The number of halogens is 2. The number of benzene rings is 3. The first kappa shape index (κ1) is 20.0. The van der Waals surface area contributed by atoms with Gasteiger partial charge in [0.15, 0.2) is 11.5 Å². The van der Waals surface area contributed by atoms with E-state index in [1.165, 1.54) is 24.3 Å². The third kappa shape index (κ3) is 4.17. The Morgan fingerprint density at radius 2 is 1.63 bits per heavy atom. The highest BCUT2D eigenvalue weighted by Gasteiger charge is 2.17. The minimum Gasteiger partial charge on any atom is -0.454 e. The lowest BCUT2D eigenvalue weighted by atomic mass is 10.2. The van der Waals surface area contributed by atoms with Crippen molar-refractivity contribution >= 4 is 38.9 Å². The Hall–Kier alpha value is -3.30. The molecule has 0 atom stereocenters. The number of carbonyl (C=O) groups is 1. The van der Waals surface area contributed by atoms with Crippen LogP contribution in [0.2, 0.25) is 5.02 Å². The normalized spacial score (nSPS) is 12.5. The minimum absolute atomic E-state index is 0.133. The second kappa shape index (κ2) is 7.85. The molecule has 0 spiro atoms. The third-order valence-electron chi connectivity index (χ3n) is 4.23. The maximum atomic E-state index is 13.3. The number of ether oxygens (including phenoxy) is 2. The van der Waals surface area contributed by atoms with E-state index in [-0.39, 0.29) is 28.3 Å². The Morgan fingerprint density at radius 1 is 0.933 bits per heavy atom. The topological polar surface area (TPSA) is 93.7 Å². The molecule has 0 radical (unpaired) electrons. The molecule has 0 saturated heterocycles. The molecule has 1 amide bonds. The van der Waals surface area contributed by atoms with Crippen molar-refractivity contribution in [3.05, 3.63) is 77.1 Å². The third-order valence-corrected chi connectivity index (χ3v) is 5.90. The fraction of sp³-hybridized carbons (Fsp3) is 0.0500. The van der Waals surface area contributed by atoms with Gasteiger partial charge in [-0.1, -0.05) is 11.6 Å². The summed E-state index contributed by atoms with van der Waals surface area (Å²) in [7, 11) is -3.97. The van der Waals surface area contributed by atoms with E-state index in [1.54, 1.807) is 18.2 Å². The number of fused-ring (bicyclic) bond motifs is 1. The Kier molecular flexibility index (Phi) is 5.23. The maximum Gasteiger partial charge on any atom is 0.261 e. The molecule has 0 aliphatic carbocycles. The van der Waals surface area contributed by atoms with E-state index in [9.17, 15) is 17.6 Å². The summed E-state index contributed by atoms with van der Waals surface area (Å²) in [4.78, 5) is 12.2. The van der Waals surface area contributed by atoms with Crippen LogP contribution in [-0.4, -0.2) is 21.1 Å². The molecule has 1 aliphatic rings. The molecule has 4 rings (SSSR count). The van der Waals surface area contributed by atoms with Crippen LogP contribution in [-0.2, 0) is 10.0 Å². The molecule has 3 aromatic carbocycles. The van der Waals surface area contributed by atoms with Gasteiger partial charge < -0.3 is 14.8 Å². The van der Waals surface area contributed by atoms with Gasteiger partial charge in [0, 0.05) is 23.0 Å². The smallest absolute Gasteiger partial charge is 0.261 e.